The first-order valence-corrected chi connectivity index (χ1v) is 24.2. The summed E-state index contributed by atoms with van der Waals surface area (Å²) >= 11 is 2.15. The topological polar surface area (TPSA) is 207 Å². The van der Waals surface area contributed by atoms with Gasteiger partial charge in [0.15, 0.2) is 0 Å². The van der Waals surface area contributed by atoms with E-state index in [-0.39, 0.29) is 47.0 Å². The van der Waals surface area contributed by atoms with Crippen LogP contribution in [0.15, 0.2) is 42.5 Å². The molecular formula is C27H28F3I5N3NaO10. The van der Waals surface area contributed by atoms with Crippen molar-refractivity contribution in [3.8, 4) is 0 Å². The van der Waals surface area contributed by atoms with Gasteiger partial charge in [-0.3, -0.25) is 29.7 Å². The molecule has 3 aromatic rings. The number of ether oxygens (including phenoxy) is 3. The maximum atomic E-state index is 13.3. The van der Waals surface area contributed by atoms with Gasteiger partial charge in [0.05, 0.1) is 36.3 Å². The van der Waals surface area contributed by atoms with E-state index in [4.69, 9.17) is 13.7 Å². The van der Waals surface area contributed by atoms with Crippen LogP contribution in [-0.4, -0.2) is 39.6 Å². The molecule has 0 atom stereocenters. The van der Waals surface area contributed by atoms with Crippen molar-refractivity contribution < 1.29 is 105 Å². The largest absolute Gasteiger partial charge is 1.00 e. The SMILES string of the molecule is COC(=O)Nc1cc(F)c(C)cc1I.COC(=O)Nc1ccc(C)c(F)c1.COC(=O)Nc1ccc(C)c(F)c1I.II.[Na+].[O-][I+3]([O-])([O-])[O-]. The Bertz CT molecular complexity index is 1490. The van der Waals surface area contributed by atoms with Crippen molar-refractivity contribution in [1.82, 2.24) is 0 Å². The zero-order valence-electron chi connectivity index (χ0n) is 26.6. The summed E-state index contributed by atoms with van der Waals surface area (Å²) in [5.74, 6) is -1.02. The molecule has 0 saturated heterocycles. The third kappa shape index (κ3) is 24.6. The molecule has 0 bridgehead atoms. The van der Waals surface area contributed by atoms with Gasteiger partial charge in [-0.05, 0) is 113 Å². The maximum absolute atomic E-state index is 13.3. The zero-order valence-corrected chi connectivity index (χ0v) is 39.4. The Balaban J connectivity index is -0.000000586. The molecule has 0 aliphatic carbocycles. The van der Waals surface area contributed by atoms with E-state index in [1.54, 1.807) is 51.1 Å². The van der Waals surface area contributed by atoms with Gasteiger partial charge in [-0.2, -0.15) is 0 Å². The van der Waals surface area contributed by atoms with Crippen LogP contribution >= 0.6 is 82.4 Å². The van der Waals surface area contributed by atoms with E-state index in [1.165, 1.54) is 33.5 Å². The summed E-state index contributed by atoms with van der Waals surface area (Å²) in [5.41, 5.74) is 2.85. The Morgan fingerprint density at radius 1 is 0.653 bits per heavy atom. The molecule has 0 aliphatic rings. The summed E-state index contributed by atoms with van der Waals surface area (Å²) in [6.07, 6.45) is -1.82. The van der Waals surface area contributed by atoms with Gasteiger partial charge >= 0.3 is 47.8 Å². The Labute approximate surface area is 359 Å². The van der Waals surface area contributed by atoms with Crippen LogP contribution in [0.2, 0.25) is 0 Å². The minimum absolute atomic E-state index is 0. The van der Waals surface area contributed by atoms with Crippen LogP contribution in [0.5, 0.6) is 0 Å². The number of amides is 3. The summed E-state index contributed by atoms with van der Waals surface area (Å²) in [6.45, 7) is 4.98. The molecule has 0 aliphatic heterocycles. The van der Waals surface area contributed by atoms with Crippen LogP contribution in [0.25, 0.3) is 0 Å². The molecule has 3 N–H and O–H groups in total. The number of aryl methyl sites for hydroxylation is 3. The Kier molecular flexibility index (Phi) is 30.6. The number of anilines is 3. The summed E-state index contributed by atoms with van der Waals surface area (Å²) in [7, 11) is 3.76. The van der Waals surface area contributed by atoms with E-state index < -0.39 is 38.4 Å². The van der Waals surface area contributed by atoms with Crippen LogP contribution in [-0.2, 0) is 14.2 Å². The van der Waals surface area contributed by atoms with E-state index in [0.29, 0.717) is 37.3 Å². The molecule has 22 heteroatoms. The van der Waals surface area contributed by atoms with E-state index >= 15 is 0 Å². The number of methoxy groups -OCH3 is 3. The first kappa shape index (κ1) is 53.1. The number of hydrogen-bond donors (Lipinski definition) is 3. The first-order chi connectivity index (χ1) is 22.2. The maximum Gasteiger partial charge on any atom is 1.00 e. The van der Waals surface area contributed by atoms with Crippen LogP contribution < -0.4 is 79.3 Å². The molecule has 3 aromatic carbocycles. The normalized spacial score (nSPS) is 9.41. The summed E-state index contributed by atoms with van der Waals surface area (Å²) in [6, 6.07) is 10.6. The summed E-state index contributed by atoms with van der Waals surface area (Å²) < 4.78 is 88.2. The Hall–Kier alpha value is -0.250. The predicted octanol–water partition coefficient (Wildman–Crippen LogP) is -0.830. The minimum atomic E-state index is -5.94. The average molecular weight is 1270 g/mol. The van der Waals surface area contributed by atoms with E-state index in [1.807, 2.05) is 45.2 Å². The number of hydrogen-bond acceptors (Lipinski definition) is 10. The van der Waals surface area contributed by atoms with Gasteiger partial charge < -0.3 is 14.2 Å². The molecule has 0 fully saturated rings. The zero-order chi connectivity index (χ0) is 37.8. The van der Waals surface area contributed by atoms with Crippen molar-refractivity contribution >= 4 is 118 Å². The van der Waals surface area contributed by atoms with Gasteiger partial charge in [-0.15, -0.1) is 0 Å². The van der Waals surface area contributed by atoms with Crippen molar-refractivity contribution in [2.45, 2.75) is 20.8 Å². The van der Waals surface area contributed by atoms with Gasteiger partial charge in [-0.25, -0.2) is 27.6 Å². The molecule has 268 valence electrons. The molecule has 0 radical (unpaired) electrons. The van der Waals surface area contributed by atoms with Crippen molar-refractivity contribution in [3.05, 3.63) is 83.7 Å². The molecule has 3 amide bonds. The molecule has 13 nitrogen and oxygen atoms in total. The Morgan fingerprint density at radius 3 is 1.51 bits per heavy atom. The number of benzene rings is 3. The smallest absolute Gasteiger partial charge is 0.453 e. The molecule has 49 heavy (non-hydrogen) atoms. The second-order valence-corrected chi connectivity index (χ2v) is 12.7. The van der Waals surface area contributed by atoms with Crippen LogP contribution in [0.3, 0.4) is 0 Å². The van der Waals surface area contributed by atoms with Crippen molar-refractivity contribution in [1.29, 1.82) is 0 Å². The monoisotopic (exact) mass is 1270 g/mol. The van der Waals surface area contributed by atoms with Gasteiger partial charge in [0.25, 0.3) is 0 Å². The van der Waals surface area contributed by atoms with Gasteiger partial charge in [0, 0.05) is 46.5 Å². The molecule has 0 heterocycles. The molecule has 0 aromatic heterocycles. The Morgan fingerprint density at radius 2 is 1.06 bits per heavy atom. The fraction of sp³-hybridized carbons (Fsp3) is 0.222. The number of rotatable bonds is 3. The molecule has 3 rings (SSSR count). The number of carbonyl (C=O) groups is 3. The summed E-state index contributed by atoms with van der Waals surface area (Å²) in [4.78, 5) is 32.5. The van der Waals surface area contributed by atoms with Crippen molar-refractivity contribution in [2.24, 2.45) is 0 Å². The van der Waals surface area contributed by atoms with Crippen LogP contribution in [0.4, 0.5) is 44.6 Å². The number of halogens is 8. The predicted molar refractivity (Wildman–Crippen MR) is 195 cm³/mol. The van der Waals surface area contributed by atoms with Crippen LogP contribution in [0, 0.1) is 45.4 Å². The molecule has 0 spiro atoms. The van der Waals surface area contributed by atoms with E-state index in [9.17, 15) is 27.6 Å². The first-order valence-electron chi connectivity index (χ1n) is 12.2. The average Bonchev–Trinajstić information content (AvgIpc) is 3.02. The molecule has 0 saturated carbocycles. The summed E-state index contributed by atoms with van der Waals surface area (Å²) in [5, 5.41) is 7.20. The fourth-order valence-electron chi connectivity index (χ4n) is 2.65. The van der Waals surface area contributed by atoms with Gasteiger partial charge in [0.2, 0.25) is 0 Å². The van der Waals surface area contributed by atoms with E-state index in [0.717, 1.165) is 3.57 Å². The van der Waals surface area contributed by atoms with Crippen molar-refractivity contribution in [2.75, 3.05) is 37.3 Å². The van der Waals surface area contributed by atoms with Gasteiger partial charge in [-0.1, -0.05) is 12.1 Å². The molecular weight excluding hydrogens is 1240 g/mol. The number of carbonyl (C=O) groups excluding carboxylic acids is 3. The second kappa shape index (κ2) is 28.3. The third-order valence-corrected chi connectivity index (χ3v) is 6.92. The fourth-order valence-corrected chi connectivity index (χ4v) is 4.14. The number of nitrogens with one attached hydrogen (secondary N) is 3. The third-order valence-electron chi connectivity index (χ3n) is 4.97. The minimum Gasteiger partial charge on any atom is -0.453 e. The standard InChI is InChI=1S/2C9H9FINO2.C9H10FNO2.I2.IO4.Na/c1-5-3-7(11)8(4-6(5)10)12-9(13)14-2;1-5-3-4-6(8(11)7(5)10)12-9(13)14-2;1-6-3-4-7(5-8(6)10)11-9(12)13-2;1-2;2-1(3,4)5;/h2*3-4H,1-2H3,(H,12,13);3-5H,1-2H3,(H,11,12);;;/q;;;;-1;+1. The van der Waals surface area contributed by atoms with Gasteiger partial charge in [0.1, 0.15) is 37.5 Å². The van der Waals surface area contributed by atoms with E-state index in [2.05, 4.69) is 67.4 Å². The van der Waals surface area contributed by atoms with Crippen LogP contribution in [0.1, 0.15) is 16.7 Å². The van der Waals surface area contributed by atoms with Crippen molar-refractivity contribution in [3.63, 3.8) is 0 Å². The molecule has 0 unspecified atom stereocenters. The second-order valence-electron chi connectivity index (χ2n) is 8.33. The quantitative estimate of drug-likeness (QED) is 0.169.